The first-order chi connectivity index (χ1) is 12.9. The van der Waals surface area contributed by atoms with Gasteiger partial charge in [0.15, 0.2) is 0 Å². The summed E-state index contributed by atoms with van der Waals surface area (Å²) in [6, 6.07) is 2.05. The fraction of sp³-hybridized carbons (Fsp3) is 0.542. The molecule has 0 spiro atoms. The number of pyridine rings is 1. The van der Waals surface area contributed by atoms with Gasteiger partial charge in [0.25, 0.3) is 0 Å². The summed E-state index contributed by atoms with van der Waals surface area (Å²) >= 11 is 6.23. The number of fused-ring (bicyclic) bond motifs is 5. The smallest absolute Gasteiger partial charge is 0.0595 e. The number of allylic oxidation sites excluding steroid dienone is 5. The highest BCUT2D eigenvalue weighted by Gasteiger charge is 2.54. The lowest BCUT2D eigenvalue weighted by molar-refractivity contribution is 0.0369. The van der Waals surface area contributed by atoms with Crippen molar-refractivity contribution in [2.24, 2.45) is 22.7 Å². The minimum absolute atomic E-state index is 0.101. The first-order valence-corrected chi connectivity index (χ1v) is 10.7. The fourth-order valence-electron chi connectivity index (χ4n) is 6.62. The van der Waals surface area contributed by atoms with Crippen LogP contribution in [0, 0.1) is 22.7 Å². The van der Waals surface area contributed by atoms with Gasteiger partial charge in [0, 0.05) is 17.8 Å². The van der Waals surface area contributed by atoms with E-state index in [0.29, 0.717) is 16.9 Å². The Bertz CT molecular complexity index is 884. The predicted octanol–water partition coefficient (Wildman–Crippen LogP) is 5.97. The Hall–Kier alpha value is -1.38. The van der Waals surface area contributed by atoms with Gasteiger partial charge in [-0.1, -0.05) is 54.8 Å². The molecule has 5 rings (SSSR count). The molecule has 1 aromatic rings. The highest BCUT2D eigenvalue weighted by atomic mass is 35.5. The van der Waals surface area contributed by atoms with Crippen molar-refractivity contribution in [1.82, 2.24) is 4.98 Å². The number of nitrogens with zero attached hydrogens (tertiary/aromatic N) is 1. The summed E-state index contributed by atoms with van der Waals surface area (Å²) < 4.78 is 0. The molecule has 2 nitrogen and oxygen atoms in total. The molecule has 0 aliphatic heterocycles. The first kappa shape index (κ1) is 17.7. The Labute approximate surface area is 167 Å². The lowest BCUT2D eigenvalue weighted by Crippen LogP contribution is -2.47. The third-order valence-electron chi connectivity index (χ3n) is 8.14. The Kier molecular flexibility index (Phi) is 3.97. The van der Waals surface area contributed by atoms with Gasteiger partial charge in [-0.05, 0) is 73.0 Å². The molecule has 4 aliphatic rings. The second-order valence-corrected chi connectivity index (χ2v) is 9.89. The van der Waals surface area contributed by atoms with E-state index in [9.17, 15) is 5.11 Å². The van der Waals surface area contributed by atoms with Crippen molar-refractivity contribution in [1.29, 1.82) is 0 Å². The van der Waals surface area contributed by atoms with Crippen LogP contribution in [0.4, 0.5) is 0 Å². The number of hydrogen-bond donors (Lipinski definition) is 1. The van der Waals surface area contributed by atoms with Crippen molar-refractivity contribution in [3.63, 3.8) is 0 Å². The molecule has 0 amide bonds. The molecule has 1 heterocycles. The van der Waals surface area contributed by atoms with Gasteiger partial charge in [-0.25, -0.2) is 0 Å². The number of aliphatic hydroxyl groups excluding tert-OH is 1. The van der Waals surface area contributed by atoms with E-state index in [-0.39, 0.29) is 16.9 Å². The van der Waals surface area contributed by atoms with Gasteiger partial charge in [-0.3, -0.25) is 4.98 Å². The standard InChI is InChI=1S/C24H28ClNO/c1-23-9-7-18(27)12-16(23)3-4-19-21-6-5-20(15-11-17(25)14-26-13-15)24(21,2)10-8-22(19)23/h3,5-6,11,13-14,18-19,22,27H,4,7-10,12H2,1-2H3. The summed E-state index contributed by atoms with van der Waals surface area (Å²) in [7, 11) is 0. The minimum Gasteiger partial charge on any atom is -0.393 e. The van der Waals surface area contributed by atoms with Crippen molar-refractivity contribution >= 4 is 17.2 Å². The Morgan fingerprint density at radius 2 is 2.00 bits per heavy atom. The molecule has 0 aromatic carbocycles. The van der Waals surface area contributed by atoms with Gasteiger partial charge in [0.1, 0.15) is 0 Å². The van der Waals surface area contributed by atoms with Crippen LogP contribution < -0.4 is 0 Å². The van der Waals surface area contributed by atoms with E-state index in [4.69, 9.17) is 11.6 Å². The van der Waals surface area contributed by atoms with E-state index < -0.39 is 0 Å². The summed E-state index contributed by atoms with van der Waals surface area (Å²) in [4.78, 5) is 4.32. The van der Waals surface area contributed by atoms with Crippen LogP contribution in [0.3, 0.4) is 0 Å². The maximum absolute atomic E-state index is 10.2. The normalized spacial score (nSPS) is 40.3. The molecule has 4 aliphatic carbocycles. The van der Waals surface area contributed by atoms with Crippen LogP contribution in [-0.2, 0) is 0 Å². The Balaban J connectivity index is 1.49. The van der Waals surface area contributed by atoms with Crippen LogP contribution in [0.5, 0.6) is 0 Å². The molecule has 3 heteroatoms. The molecule has 5 unspecified atom stereocenters. The topological polar surface area (TPSA) is 33.1 Å². The fourth-order valence-corrected chi connectivity index (χ4v) is 6.80. The number of halogens is 1. The van der Waals surface area contributed by atoms with E-state index >= 15 is 0 Å². The van der Waals surface area contributed by atoms with Gasteiger partial charge < -0.3 is 5.11 Å². The van der Waals surface area contributed by atoms with Gasteiger partial charge in [0.2, 0.25) is 0 Å². The van der Waals surface area contributed by atoms with Crippen LogP contribution in [0.15, 0.2) is 47.8 Å². The molecule has 5 atom stereocenters. The van der Waals surface area contributed by atoms with Crippen molar-refractivity contribution in [3.05, 3.63) is 58.4 Å². The van der Waals surface area contributed by atoms with Gasteiger partial charge in [-0.2, -0.15) is 0 Å². The van der Waals surface area contributed by atoms with E-state index in [2.05, 4.69) is 43.1 Å². The molecule has 0 bridgehead atoms. The first-order valence-electron chi connectivity index (χ1n) is 10.3. The average molecular weight is 382 g/mol. The van der Waals surface area contributed by atoms with E-state index in [1.54, 1.807) is 11.8 Å². The number of aromatic nitrogens is 1. The zero-order chi connectivity index (χ0) is 18.8. The highest BCUT2D eigenvalue weighted by Crippen LogP contribution is 2.64. The zero-order valence-electron chi connectivity index (χ0n) is 16.2. The molecule has 27 heavy (non-hydrogen) atoms. The third-order valence-corrected chi connectivity index (χ3v) is 8.35. The lowest BCUT2D eigenvalue weighted by Gasteiger charge is -2.56. The monoisotopic (exact) mass is 381 g/mol. The summed E-state index contributed by atoms with van der Waals surface area (Å²) in [6.45, 7) is 4.88. The van der Waals surface area contributed by atoms with Gasteiger partial charge in [-0.15, -0.1) is 0 Å². The van der Waals surface area contributed by atoms with E-state index in [0.717, 1.165) is 31.2 Å². The number of aliphatic hydroxyl groups is 1. The second-order valence-electron chi connectivity index (χ2n) is 9.46. The Morgan fingerprint density at radius 3 is 2.81 bits per heavy atom. The molecular weight excluding hydrogens is 354 g/mol. The molecule has 0 radical (unpaired) electrons. The van der Waals surface area contributed by atoms with Crippen LogP contribution in [-0.4, -0.2) is 16.2 Å². The highest BCUT2D eigenvalue weighted by molar-refractivity contribution is 6.30. The summed E-state index contributed by atoms with van der Waals surface area (Å²) in [5.74, 6) is 1.32. The number of hydrogen-bond acceptors (Lipinski definition) is 2. The molecule has 1 aromatic heterocycles. The van der Waals surface area contributed by atoms with Crippen molar-refractivity contribution in [2.45, 2.75) is 58.5 Å². The summed E-state index contributed by atoms with van der Waals surface area (Å²) in [5, 5.41) is 10.9. The summed E-state index contributed by atoms with van der Waals surface area (Å²) in [5.41, 5.74) is 6.04. The Morgan fingerprint density at radius 1 is 1.15 bits per heavy atom. The zero-order valence-corrected chi connectivity index (χ0v) is 17.0. The van der Waals surface area contributed by atoms with Crippen LogP contribution in [0.2, 0.25) is 5.02 Å². The van der Waals surface area contributed by atoms with Crippen molar-refractivity contribution in [3.8, 4) is 0 Å². The lowest BCUT2D eigenvalue weighted by atomic mass is 9.49. The second kappa shape index (κ2) is 6.06. The quantitative estimate of drug-likeness (QED) is 0.607. The number of rotatable bonds is 1. The van der Waals surface area contributed by atoms with Crippen LogP contribution in [0.1, 0.15) is 57.9 Å². The molecular formula is C24H28ClNO. The largest absolute Gasteiger partial charge is 0.393 e. The SMILES string of the molecule is CC12CCC3C(CC=C4CC(O)CCC43C)C1=CC=C2c1cncc(Cl)c1. The van der Waals surface area contributed by atoms with Crippen LogP contribution in [0.25, 0.3) is 5.57 Å². The average Bonchev–Trinajstić information content (AvgIpc) is 2.99. The molecule has 142 valence electrons. The van der Waals surface area contributed by atoms with Gasteiger partial charge in [0.05, 0.1) is 11.1 Å². The third kappa shape index (κ3) is 2.53. The molecule has 0 saturated heterocycles. The van der Waals surface area contributed by atoms with Crippen molar-refractivity contribution in [2.75, 3.05) is 0 Å². The molecule has 2 fully saturated rings. The maximum Gasteiger partial charge on any atom is 0.0595 e. The van der Waals surface area contributed by atoms with Crippen molar-refractivity contribution < 1.29 is 5.11 Å². The molecule has 2 saturated carbocycles. The van der Waals surface area contributed by atoms with Gasteiger partial charge >= 0.3 is 0 Å². The summed E-state index contributed by atoms with van der Waals surface area (Å²) in [6.07, 6.45) is 17.2. The minimum atomic E-state index is -0.135. The maximum atomic E-state index is 10.2. The van der Waals surface area contributed by atoms with E-state index in [1.165, 1.54) is 24.0 Å². The van der Waals surface area contributed by atoms with E-state index in [1.807, 2.05) is 6.20 Å². The predicted molar refractivity (Wildman–Crippen MR) is 110 cm³/mol. The molecule has 1 N–H and O–H groups in total. The van der Waals surface area contributed by atoms with Crippen LogP contribution >= 0.6 is 11.6 Å².